The molecule has 0 bridgehead atoms. The third-order valence-electron chi connectivity index (χ3n) is 2.95. The van der Waals surface area contributed by atoms with Crippen molar-refractivity contribution in [3.05, 3.63) is 11.5 Å². The second-order valence-electron chi connectivity index (χ2n) is 4.78. The first-order valence-corrected chi connectivity index (χ1v) is 6.63. The molecule has 26 heavy (non-hydrogen) atoms. The molecule has 1 heterocycles. The van der Waals surface area contributed by atoms with Crippen LogP contribution in [0.2, 0.25) is 0 Å². The number of carboxylic acids is 1. The Hall–Kier alpha value is -1.23. The maximum absolute atomic E-state index is 10.8. The van der Waals surface area contributed by atoms with Crippen LogP contribution >= 0.6 is 0 Å². The van der Waals surface area contributed by atoms with Gasteiger partial charge in [-0.05, 0) is 5.76 Å². The van der Waals surface area contributed by atoms with Crippen molar-refractivity contribution in [1.82, 2.24) is 0 Å². The molecule has 0 aromatic carbocycles. The molecular formula is C12H18MgO13. The molecule has 0 saturated carbocycles. The first kappa shape index (κ1) is 27.0. The Kier molecular flexibility index (Phi) is 12.7. The minimum atomic E-state index is -2.31. The average Bonchev–Trinajstić information content (AvgIpc) is 2.86. The monoisotopic (exact) mass is 394 g/mol. The molecule has 0 aromatic rings. The Morgan fingerprint density at radius 1 is 1.08 bits per heavy atom. The summed E-state index contributed by atoms with van der Waals surface area (Å²) in [5, 5.41) is 90.2. The van der Waals surface area contributed by atoms with Crippen molar-refractivity contribution >= 4 is 35.0 Å². The molecule has 1 rings (SSSR count). The van der Waals surface area contributed by atoms with E-state index in [4.69, 9.17) is 40.9 Å². The summed E-state index contributed by atoms with van der Waals surface area (Å²) in [7, 11) is 0. The molecule has 0 amide bonds. The molecule has 1 aliphatic heterocycles. The van der Waals surface area contributed by atoms with E-state index in [1.54, 1.807) is 0 Å². The molecule has 1 aliphatic rings. The fraction of sp³-hybridized carbons (Fsp3) is 0.667. The Morgan fingerprint density at radius 2 is 1.58 bits per heavy atom. The van der Waals surface area contributed by atoms with E-state index in [-0.39, 0.29) is 23.1 Å². The van der Waals surface area contributed by atoms with Crippen LogP contribution < -0.4 is 10.2 Å². The molecule has 0 aliphatic carbocycles. The molecule has 0 spiro atoms. The van der Waals surface area contributed by atoms with E-state index in [9.17, 15) is 19.8 Å². The van der Waals surface area contributed by atoms with Gasteiger partial charge in [-0.15, -0.1) is 0 Å². The molecule has 13 nitrogen and oxygen atoms in total. The molecule has 146 valence electrons. The normalized spacial score (nSPS) is 22.1. The Morgan fingerprint density at radius 3 is 1.88 bits per heavy atom. The number of carbonyl (C=O) groups is 2. The summed E-state index contributed by atoms with van der Waals surface area (Å²) in [6.07, 6.45) is -11.0. The van der Waals surface area contributed by atoms with Gasteiger partial charge in [0, 0.05) is 0 Å². The summed E-state index contributed by atoms with van der Waals surface area (Å²) >= 11 is 0. The van der Waals surface area contributed by atoms with Gasteiger partial charge in [-0.3, -0.25) is 0 Å². The first-order valence-electron chi connectivity index (χ1n) is 6.63. The van der Waals surface area contributed by atoms with Gasteiger partial charge >= 0.3 is 29.0 Å². The van der Waals surface area contributed by atoms with Crippen molar-refractivity contribution in [3.8, 4) is 0 Å². The van der Waals surface area contributed by atoms with Gasteiger partial charge in [-0.25, -0.2) is 4.79 Å². The van der Waals surface area contributed by atoms with Gasteiger partial charge in [-0.2, -0.15) is 0 Å². The number of rotatable bonds is 7. The molecule has 0 saturated heterocycles. The van der Waals surface area contributed by atoms with Crippen LogP contribution in [0.1, 0.15) is 0 Å². The van der Waals surface area contributed by atoms with Crippen LogP contribution in [-0.2, 0) is 14.3 Å². The summed E-state index contributed by atoms with van der Waals surface area (Å²) in [6, 6.07) is 0. The minimum Gasteiger partial charge on any atom is -0.870 e. The maximum atomic E-state index is 10.8. The largest absolute Gasteiger partial charge is 2.00 e. The van der Waals surface area contributed by atoms with E-state index < -0.39 is 73.3 Å². The van der Waals surface area contributed by atoms with Crippen molar-refractivity contribution in [2.45, 2.75) is 36.6 Å². The number of esters is 1. The van der Waals surface area contributed by atoms with Crippen molar-refractivity contribution in [1.29, 1.82) is 0 Å². The Balaban J connectivity index is 0. The van der Waals surface area contributed by atoms with E-state index in [2.05, 4.69) is 4.74 Å². The van der Waals surface area contributed by atoms with Gasteiger partial charge in [-0.1, -0.05) is 0 Å². The number of ether oxygens (including phenoxy) is 1. The van der Waals surface area contributed by atoms with Crippen molar-refractivity contribution in [2.24, 2.45) is 0 Å². The van der Waals surface area contributed by atoms with Crippen LogP contribution in [0, 0.1) is 0 Å². The predicted octanol–water partition coefficient (Wildman–Crippen LogP) is -7.81. The van der Waals surface area contributed by atoms with Crippen LogP contribution in [-0.4, -0.2) is 126 Å². The van der Waals surface area contributed by atoms with Crippen molar-refractivity contribution in [2.75, 3.05) is 13.2 Å². The van der Waals surface area contributed by atoms with Gasteiger partial charge in [0.05, 0.1) is 19.2 Å². The molecule has 6 atom stereocenters. The van der Waals surface area contributed by atoms with Crippen LogP contribution in [0.5, 0.6) is 0 Å². The standard InChI is InChI=1S/C6H12O7.C6H8O6.Mg/c7-1-2(8)3(9)4(10)5(11)6(12)13;7-1-2(8)5-3(9)4(10)6(11)12-5;/h2-5,7-11H,1H2,(H,12,13);2,5,7-10H,1H2;/q;;+2/p-2/t2-,3-,4+,5-;2-,5+;/m10./s1. The number of aliphatic carboxylic acids is 1. The fourth-order valence-corrected chi connectivity index (χ4v) is 1.47. The molecule has 0 fully saturated rings. The fourth-order valence-electron chi connectivity index (χ4n) is 1.47. The topological polar surface area (TPSA) is 251 Å². The molecule has 14 heteroatoms. The van der Waals surface area contributed by atoms with Gasteiger partial charge < -0.3 is 60.6 Å². The van der Waals surface area contributed by atoms with E-state index >= 15 is 0 Å². The SMILES string of the molecule is O=C([O-])[C@H](O)[C@@H](O)[C@H](O)[C@H](O)CO.O=C1O[C@H]([C@@H](O)CO)C([O-])=C1O.[Mg+2]. The third kappa shape index (κ3) is 7.18. The van der Waals surface area contributed by atoms with Crippen LogP contribution in [0.3, 0.4) is 0 Å². The first-order chi connectivity index (χ1) is 11.5. The second-order valence-corrected chi connectivity index (χ2v) is 4.78. The number of carbonyl (C=O) groups excluding carboxylic acids is 2. The second kappa shape index (κ2) is 12.2. The van der Waals surface area contributed by atoms with Gasteiger partial charge in [0.1, 0.15) is 36.6 Å². The van der Waals surface area contributed by atoms with Crippen LogP contribution in [0.15, 0.2) is 11.5 Å². The van der Waals surface area contributed by atoms with Crippen LogP contribution in [0.4, 0.5) is 0 Å². The smallest absolute Gasteiger partial charge is 0.870 e. The molecule has 0 aromatic heterocycles. The Labute approximate surface area is 162 Å². The van der Waals surface area contributed by atoms with E-state index in [1.807, 2.05) is 0 Å². The van der Waals surface area contributed by atoms with E-state index in [1.165, 1.54) is 0 Å². The summed E-state index contributed by atoms with van der Waals surface area (Å²) in [4.78, 5) is 20.5. The van der Waals surface area contributed by atoms with Gasteiger partial charge in [0.2, 0.25) is 0 Å². The maximum Gasteiger partial charge on any atom is 2.00 e. The van der Waals surface area contributed by atoms with Gasteiger partial charge in [0.25, 0.3) is 0 Å². The number of cyclic esters (lactones) is 1. The summed E-state index contributed by atoms with van der Waals surface area (Å²) in [5.74, 6) is -5.18. The zero-order valence-electron chi connectivity index (χ0n) is 13.2. The molecule has 8 N–H and O–H groups in total. The zero-order valence-corrected chi connectivity index (χ0v) is 14.6. The third-order valence-corrected chi connectivity index (χ3v) is 2.95. The quantitative estimate of drug-likeness (QED) is 0.148. The van der Waals surface area contributed by atoms with Crippen LogP contribution in [0.25, 0.3) is 0 Å². The predicted molar refractivity (Wildman–Crippen MR) is 74.5 cm³/mol. The number of aliphatic hydroxyl groups is 8. The summed E-state index contributed by atoms with van der Waals surface area (Å²) < 4.78 is 4.25. The average molecular weight is 395 g/mol. The van der Waals surface area contributed by atoms with E-state index in [0.717, 1.165) is 0 Å². The number of carboxylic acid groups (broad SMARTS) is 1. The minimum absolute atomic E-state index is 0. The number of hydrogen-bond donors (Lipinski definition) is 8. The van der Waals surface area contributed by atoms with Crippen molar-refractivity contribution < 1.29 is 65.4 Å². The molecule has 0 radical (unpaired) electrons. The number of aliphatic hydroxyl groups excluding tert-OH is 8. The zero-order chi connectivity index (χ0) is 19.9. The van der Waals surface area contributed by atoms with Gasteiger partial charge in [0.15, 0.2) is 5.76 Å². The summed E-state index contributed by atoms with van der Waals surface area (Å²) in [6.45, 7) is -1.57. The Bertz CT molecular complexity index is 496. The number of hydrogen-bond acceptors (Lipinski definition) is 13. The molecular weight excluding hydrogens is 376 g/mol. The van der Waals surface area contributed by atoms with E-state index in [0.29, 0.717) is 0 Å². The van der Waals surface area contributed by atoms with Crippen molar-refractivity contribution in [3.63, 3.8) is 0 Å². The summed E-state index contributed by atoms with van der Waals surface area (Å²) in [5.41, 5.74) is 0. The molecule has 0 unspecified atom stereocenters.